The van der Waals surface area contributed by atoms with Crippen LogP contribution in [0.15, 0.2) is 82.5 Å². The molecule has 0 spiro atoms. The predicted molar refractivity (Wildman–Crippen MR) is 179 cm³/mol. The minimum Gasteiger partial charge on any atom is -0.461 e. The van der Waals surface area contributed by atoms with Crippen LogP contribution in [0.4, 0.5) is 5.13 Å². The van der Waals surface area contributed by atoms with E-state index in [2.05, 4.69) is 20.8 Å². The molecule has 2 N–H and O–H groups in total. The lowest BCUT2D eigenvalue weighted by atomic mass is 9.99. The Hall–Kier alpha value is -4.73. The van der Waals surface area contributed by atoms with E-state index in [0.717, 1.165) is 11.3 Å². The van der Waals surface area contributed by atoms with Crippen LogP contribution in [0.2, 0.25) is 0 Å². The Labute approximate surface area is 288 Å². The molecule has 2 aliphatic heterocycles. The zero-order valence-corrected chi connectivity index (χ0v) is 28.3. The Morgan fingerprint density at radius 1 is 1.06 bits per heavy atom. The van der Waals surface area contributed by atoms with Gasteiger partial charge in [-0.2, -0.15) is 0 Å². The van der Waals surface area contributed by atoms with Crippen molar-refractivity contribution < 1.29 is 38.3 Å². The maximum atomic E-state index is 14.1. The predicted octanol–water partition coefficient (Wildman–Crippen LogP) is 3.61. The lowest BCUT2D eigenvalue weighted by molar-refractivity contribution is -0.154. The molecule has 1 saturated heterocycles. The van der Waals surface area contributed by atoms with Gasteiger partial charge in [-0.3, -0.25) is 24.1 Å². The molecule has 2 aliphatic rings. The highest BCUT2D eigenvalue weighted by Crippen LogP contribution is 2.45. The van der Waals surface area contributed by atoms with Gasteiger partial charge in [0.25, 0.3) is 11.8 Å². The van der Waals surface area contributed by atoms with Gasteiger partial charge in [0.15, 0.2) is 16.9 Å². The average Bonchev–Trinajstić information content (AvgIpc) is 3.55. The first-order valence-electron chi connectivity index (χ1n) is 14.5. The molecule has 1 unspecified atom stereocenters. The highest BCUT2D eigenvalue weighted by Gasteiger charge is 2.56. The summed E-state index contributed by atoms with van der Waals surface area (Å²) >= 11 is 7.90. The number of β-lactam (4-membered cyclic amide) rings is 1. The van der Waals surface area contributed by atoms with Gasteiger partial charge in [-0.1, -0.05) is 65.8 Å². The molecule has 0 bridgehead atoms. The second kappa shape index (κ2) is 15.4. The summed E-state index contributed by atoms with van der Waals surface area (Å²) in [7, 11) is 1.25. The third kappa shape index (κ3) is 7.53. The number of carbonyl (C=O) groups is 5. The van der Waals surface area contributed by atoms with Crippen molar-refractivity contribution in [2.45, 2.75) is 36.6 Å². The summed E-state index contributed by atoms with van der Waals surface area (Å²) in [6.07, 6.45) is -0.803. The van der Waals surface area contributed by atoms with E-state index >= 15 is 0 Å². The molecule has 1 fully saturated rings. The smallest absolute Gasteiger partial charge is 0.356 e. The molecule has 5 rings (SSSR count). The minimum absolute atomic E-state index is 0.0511. The summed E-state index contributed by atoms with van der Waals surface area (Å²) in [4.78, 5) is 75.1. The van der Waals surface area contributed by atoms with E-state index in [9.17, 15) is 24.0 Å². The second-order valence-corrected chi connectivity index (χ2v) is 13.0. The van der Waals surface area contributed by atoms with E-state index in [1.807, 2.05) is 67.6 Å². The number of amides is 3. The fraction of sp³-hybridized carbons (Fsp3) is 0.281. The molecule has 1 aromatic heterocycles. The van der Waals surface area contributed by atoms with Crippen LogP contribution in [0.3, 0.4) is 0 Å². The van der Waals surface area contributed by atoms with Crippen molar-refractivity contribution in [1.29, 1.82) is 0 Å². The SMILES string of the molecule is CO/N=C(\C(=O)NC1C(=O)N2C(C(=O)OC(c3ccccc3)c3ccccc3)=C(COC(C)=O)[C@H](C)S[C@H]12)c1csc(NC(=O)CCl)n1. The summed E-state index contributed by atoms with van der Waals surface area (Å²) in [5.41, 5.74) is 1.63. The number of aromatic nitrogens is 1. The van der Waals surface area contributed by atoms with Crippen LogP contribution >= 0.6 is 34.7 Å². The highest BCUT2D eigenvalue weighted by molar-refractivity contribution is 8.00. The molecule has 0 radical (unpaired) electrons. The number of hydrogen-bond donors (Lipinski definition) is 2. The first kappa shape index (κ1) is 34.6. The monoisotopic (exact) mass is 711 g/mol. The molecular weight excluding hydrogens is 682 g/mol. The number of nitrogens with one attached hydrogen (secondary N) is 2. The Bertz CT molecular complexity index is 1730. The number of anilines is 1. The minimum atomic E-state index is -1.06. The van der Waals surface area contributed by atoms with Crippen molar-refractivity contribution in [3.05, 3.63) is 94.1 Å². The lowest BCUT2D eigenvalue weighted by Gasteiger charge is -2.51. The van der Waals surface area contributed by atoms with Crippen molar-refractivity contribution >= 4 is 75.2 Å². The topological polar surface area (TPSA) is 166 Å². The maximum Gasteiger partial charge on any atom is 0.356 e. The van der Waals surface area contributed by atoms with Crippen molar-refractivity contribution in [2.75, 3.05) is 24.9 Å². The molecule has 0 saturated carbocycles. The molecule has 3 heterocycles. The number of esters is 2. The van der Waals surface area contributed by atoms with Crippen molar-refractivity contribution in [3.8, 4) is 0 Å². The van der Waals surface area contributed by atoms with Gasteiger partial charge in [0.1, 0.15) is 42.4 Å². The van der Waals surface area contributed by atoms with E-state index in [4.69, 9.17) is 25.9 Å². The molecule has 16 heteroatoms. The normalized spacial score (nSPS) is 18.9. The number of rotatable bonds is 12. The summed E-state index contributed by atoms with van der Waals surface area (Å²) in [5.74, 6) is -3.46. The van der Waals surface area contributed by atoms with Crippen molar-refractivity contribution in [2.24, 2.45) is 5.16 Å². The van der Waals surface area contributed by atoms with Gasteiger partial charge < -0.3 is 24.9 Å². The number of benzene rings is 2. The van der Waals surface area contributed by atoms with Crippen LogP contribution < -0.4 is 10.6 Å². The van der Waals surface area contributed by atoms with Crippen LogP contribution in [0, 0.1) is 0 Å². The van der Waals surface area contributed by atoms with Crippen LogP contribution in [-0.2, 0) is 38.3 Å². The molecule has 3 aromatic rings. The van der Waals surface area contributed by atoms with Gasteiger partial charge >= 0.3 is 11.9 Å². The number of nitrogens with zero attached hydrogens (tertiary/aromatic N) is 3. The summed E-state index contributed by atoms with van der Waals surface area (Å²) < 4.78 is 11.4. The van der Waals surface area contributed by atoms with E-state index < -0.39 is 52.4 Å². The fourth-order valence-corrected chi connectivity index (χ4v) is 7.27. The number of thioether (sulfide) groups is 1. The molecule has 2 aromatic carbocycles. The molecule has 250 valence electrons. The zero-order chi connectivity index (χ0) is 34.4. The first-order valence-corrected chi connectivity index (χ1v) is 16.9. The van der Waals surface area contributed by atoms with Gasteiger partial charge in [-0.25, -0.2) is 9.78 Å². The Balaban J connectivity index is 1.42. The van der Waals surface area contributed by atoms with Gasteiger partial charge in [0.05, 0.1) is 0 Å². The third-order valence-corrected chi connectivity index (χ3v) is 9.73. The molecule has 3 amide bonds. The standard InChI is InChI=1S/C32H30ClN5O8S2/c1-17-21(15-45-18(2)39)26(31(43)46-27(19-10-6-4-7-11-19)20-12-8-5-9-13-20)38-29(42)25(30(38)48-17)36-28(41)24(37-44-3)22-16-47-32(34-22)35-23(40)14-33/h4-13,16-17,25,27,30H,14-15H2,1-3H3,(H,36,41)(H,34,35,40)/b37-24-/t17-,25?,30+/m0/s1. The van der Waals surface area contributed by atoms with Crippen LogP contribution in [0.1, 0.15) is 36.8 Å². The van der Waals surface area contributed by atoms with E-state index in [1.54, 1.807) is 0 Å². The Kier molecular flexibility index (Phi) is 11.1. The van der Waals surface area contributed by atoms with Crippen LogP contribution in [-0.4, -0.2) is 81.5 Å². The van der Waals surface area contributed by atoms with Crippen LogP contribution in [0.5, 0.6) is 0 Å². The molecule has 13 nitrogen and oxygen atoms in total. The lowest BCUT2D eigenvalue weighted by Crippen LogP contribution is -2.71. The number of fused-ring (bicyclic) bond motifs is 1. The number of alkyl halides is 1. The van der Waals surface area contributed by atoms with Crippen molar-refractivity contribution in [3.63, 3.8) is 0 Å². The Morgan fingerprint density at radius 3 is 2.29 bits per heavy atom. The molecule has 0 aliphatic carbocycles. The zero-order valence-electron chi connectivity index (χ0n) is 25.9. The van der Waals surface area contributed by atoms with Crippen molar-refractivity contribution in [1.82, 2.24) is 15.2 Å². The van der Waals surface area contributed by atoms with E-state index in [-0.39, 0.29) is 34.7 Å². The number of carbonyl (C=O) groups excluding carboxylic acids is 5. The summed E-state index contributed by atoms with van der Waals surface area (Å²) in [6.45, 7) is 2.82. The quantitative estimate of drug-likeness (QED) is 0.0932. The van der Waals surface area contributed by atoms with E-state index in [0.29, 0.717) is 16.7 Å². The maximum absolute atomic E-state index is 14.1. The highest BCUT2D eigenvalue weighted by atomic mass is 35.5. The number of oxime groups is 1. The number of hydrogen-bond acceptors (Lipinski definition) is 12. The Morgan fingerprint density at radius 2 is 1.71 bits per heavy atom. The second-order valence-electron chi connectivity index (χ2n) is 10.4. The first-order chi connectivity index (χ1) is 23.1. The van der Waals surface area contributed by atoms with Gasteiger partial charge in [0.2, 0.25) is 5.91 Å². The third-order valence-electron chi connectivity index (χ3n) is 7.28. The number of thiazole rings is 1. The van der Waals surface area contributed by atoms with Gasteiger partial charge in [0, 0.05) is 23.1 Å². The van der Waals surface area contributed by atoms with Gasteiger partial charge in [-0.05, 0) is 18.1 Å². The average molecular weight is 712 g/mol. The van der Waals surface area contributed by atoms with Crippen LogP contribution in [0.25, 0.3) is 0 Å². The fourth-order valence-electron chi connectivity index (χ4n) is 5.05. The largest absolute Gasteiger partial charge is 0.461 e. The molecule has 3 atom stereocenters. The number of ether oxygens (including phenoxy) is 2. The summed E-state index contributed by atoms with van der Waals surface area (Å²) in [6, 6.07) is 17.3. The molecular formula is C32H30ClN5O8S2. The summed E-state index contributed by atoms with van der Waals surface area (Å²) in [5, 5.41) is 9.53. The van der Waals surface area contributed by atoms with Gasteiger partial charge in [-0.15, -0.1) is 34.7 Å². The number of halogens is 1. The molecule has 48 heavy (non-hydrogen) atoms. The van der Waals surface area contributed by atoms with E-state index in [1.165, 1.54) is 36.1 Å².